The van der Waals surface area contributed by atoms with E-state index in [4.69, 9.17) is 21.4 Å². The van der Waals surface area contributed by atoms with Crippen molar-refractivity contribution in [3.63, 3.8) is 0 Å². The molecule has 1 atom stereocenters. The minimum absolute atomic E-state index is 0.0340. The number of carbonyl (C=O) groups excluding carboxylic acids is 2. The van der Waals surface area contributed by atoms with E-state index in [1.807, 2.05) is 0 Å². The van der Waals surface area contributed by atoms with Crippen molar-refractivity contribution < 1.29 is 24.2 Å². The van der Waals surface area contributed by atoms with E-state index in [0.717, 1.165) is 0 Å². The van der Waals surface area contributed by atoms with Crippen LogP contribution >= 0.6 is 11.6 Å². The third kappa shape index (κ3) is 5.71. The summed E-state index contributed by atoms with van der Waals surface area (Å²) in [5, 5.41) is 12.5. The fourth-order valence-electron chi connectivity index (χ4n) is 3.05. The first kappa shape index (κ1) is 20.2. The molecule has 0 spiro atoms. The van der Waals surface area contributed by atoms with Crippen molar-refractivity contribution in [1.82, 2.24) is 10.2 Å². The van der Waals surface area contributed by atoms with Crippen molar-refractivity contribution in [2.45, 2.75) is 25.3 Å². The highest BCUT2D eigenvalue weighted by Gasteiger charge is 2.29. The van der Waals surface area contributed by atoms with E-state index in [1.165, 1.54) is 7.11 Å². The Labute approximate surface area is 157 Å². The van der Waals surface area contributed by atoms with Crippen molar-refractivity contribution in [3.8, 4) is 0 Å². The molecule has 0 radical (unpaired) electrons. The van der Waals surface area contributed by atoms with E-state index in [1.54, 1.807) is 29.2 Å². The number of carboxylic acid groups (broad SMARTS) is 1. The summed E-state index contributed by atoms with van der Waals surface area (Å²) in [6, 6.07) is 6.16. The van der Waals surface area contributed by atoms with Crippen LogP contribution in [-0.4, -0.2) is 54.6 Å². The quantitative estimate of drug-likeness (QED) is 0.750. The van der Waals surface area contributed by atoms with Crippen molar-refractivity contribution in [3.05, 3.63) is 34.9 Å². The van der Waals surface area contributed by atoms with Gasteiger partial charge in [0.05, 0.1) is 12.5 Å². The van der Waals surface area contributed by atoms with Gasteiger partial charge in [0, 0.05) is 31.1 Å². The number of halogens is 1. The lowest BCUT2D eigenvalue weighted by atomic mass is 9.94. The zero-order valence-electron chi connectivity index (χ0n) is 14.6. The Morgan fingerprint density at radius 1 is 1.35 bits per heavy atom. The number of hydrogen-bond donors (Lipinski definition) is 2. The first-order valence-corrected chi connectivity index (χ1v) is 8.83. The molecule has 1 aromatic carbocycles. The summed E-state index contributed by atoms with van der Waals surface area (Å²) in [7, 11) is 1.47. The van der Waals surface area contributed by atoms with Gasteiger partial charge in [0.25, 0.3) is 0 Å². The fraction of sp³-hybridized carbons (Fsp3) is 0.500. The maximum absolute atomic E-state index is 12.6. The molecule has 2 N–H and O–H groups in total. The molecular formula is C18H23ClN2O5. The Balaban J connectivity index is 1.97. The lowest BCUT2D eigenvalue weighted by molar-refractivity contribution is -0.140. The molecule has 0 aliphatic carbocycles. The minimum Gasteiger partial charge on any atom is -0.481 e. The molecule has 2 amide bonds. The standard InChI is InChI=1S/C18H23ClN2O5/c1-26-11-16(22)21-7-5-12(6-8-21)18(25)20-15(10-17(23)24)13-3-2-4-14(19)9-13/h2-4,9,12,15H,5-8,10-11H2,1H3,(H,20,25)(H,23,24)/t15-/m0/s1. The molecule has 2 rings (SSSR count). The van der Waals surface area contributed by atoms with Crippen LogP contribution in [0, 0.1) is 5.92 Å². The monoisotopic (exact) mass is 382 g/mol. The second-order valence-electron chi connectivity index (χ2n) is 6.30. The molecule has 1 heterocycles. The second kappa shape index (κ2) is 9.54. The molecule has 1 aliphatic heterocycles. The number of nitrogens with one attached hydrogen (secondary N) is 1. The third-order valence-electron chi connectivity index (χ3n) is 4.43. The van der Waals surface area contributed by atoms with Gasteiger partial charge in [0.2, 0.25) is 11.8 Å². The molecule has 0 aromatic heterocycles. The van der Waals surface area contributed by atoms with E-state index < -0.39 is 12.0 Å². The average molecular weight is 383 g/mol. The van der Waals surface area contributed by atoms with E-state index in [0.29, 0.717) is 36.5 Å². The number of aliphatic carboxylic acids is 1. The molecule has 1 aliphatic rings. The summed E-state index contributed by atoms with van der Waals surface area (Å²) >= 11 is 5.97. The van der Waals surface area contributed by atoms with Crippen LogP contribution in [0.2, 0.25) is 5.02 Å². The van der Waals surface area contributed by atoms with E-state index in [2.05, 4.69) is 5.32 Å². The van der Waals surface area contributed by atoms with Gasteiger partial charge in [-0.1, -0.05) is 23.7 Å². The second-order valence-corrected chi connectivity index (χ2v) is 6.74. The van der Waals surface area contributed by atoms with Gasteiger partial charge < -0.3 is 20.1 Å². The van der Waals surface area contributed by atoms with Crippen LogP contribution in [0.4, 0.5) is 0 Å². The molecule has 26 heavy (non-hydrogen) atoms. The molecular weight excluding hydrogens is 360 g/mol. The van der Waals surface area contributed by atoms with Crippen molar-refractivity contribution in [2.24, 2.45) is 5.92 Å². The van der Waals surface area contributed by atoms with Gasteiger partial charge in [-0.25, -0.2) is 0 Å². The minimum atomic E-state index is -1.00. The zero-order chi connectivity index (χ0) is 19.1. The summed E-state index contributed by atoms with van der Waals surface area (Å²) in [6.07, 6.45) is 0.852. The van der Waals surface area contributed by atoms with Gasteiger partial charge in [-0.05, 0) is 30.5 Å². The van der Waals surface area contributed by atoms with Crippen LogP contribution in [0.5, 0.6) is 0 Å². The molecule has 0 unspecified atom stereocenters. The highest BCUT2D eigenvalue weighted by molar-refractivity contribution is 6.30. The molecule has 0 saturated carbocycles. The first-order valence-electron chi connectivity index (χ1n) is 8.45. The largest absolute Gasteiger partial charge is 0.481 e. The van der Waals surface area contributed by atoms with E-state index in [-0.39, 0.29) is 30.8 Å². The van der Waals surface area contributed by atoms with Crippen LogP contribution in [0.1, 0.15) is 30.9 Å². The van der Waals surface area contributed by atoms with Crippen molar-refractivity contribution in [2.75, 3.05) is 26.8 Å². The van der Waals surface area contributed by atoms with Crippen LogP contribution in [0.15, 0.2) is 24.3 Å². The molecule has 0 bridgehead atoms. The van der Waals surface area contributed by atoms with Gasteiger partial charge in [-0.15, -0.1) is 0 Å². The van der Waals surface area contributed by atoms with Gasteiger partial charge in [-0.2, -0.15) is 0 Å². The van der Waals surface area contributed by atoms with Crippen LogP contribution in [0.3, 0.4) is 0 Å². The lowest BCUT2D eigenvalue weighted by Crippen LogP contribution is -2.44. The summed E-state index contributed by atoms with van der Waals surface area (Å²) < 4.78 is 4.84. The zero-order valence-corrected chi connectivity index (χ0v) is 15.4. The van der Waals surface area contributed by atoms with E-state index >= 15 is 0 Å². The predicted molar refractivity (Wildman–Crippen MR) is 95.8 cm³/mol. The molecule has 7 nitrogen and oxygen atoms in total. The number of ether oxygens (including phenoxy) is 1. The Morgan fingerprint density at radius 2 is 2.04 bits per heavy atom. The van der Waals surface area contributed by atoms with Crippen LogP contribution in [0.25, 0.3) is 0 Å². The van der Waals surface area contributed by atoms with Crippen molar-refractivity contribution >= 4 is 29.4 Å². The normalized spacial score (nSPS) is 16.2. The number of nitrogens with zero attached hydrogens (tertiary/aromatic N) is 1. The maximum atomic E-state index is 12.6. The maximum Gasteiger partial charge on any atom is 0.305 e. The average Bonchev–Trinajstić information content (AvgIpc) is 2.61. The predicted octanol–water partition coefficient (Wildman–Crippen LogP) is 1.86. The van der Waals surface area contributed by atoms with Gasteiger partial charge in [0.1, 0.15) is 6.61 Å². The van der Waals surface area contributed by atoms with Crippen LogP contribution < -0.4 is 5.32 Å². The number of amides is 2. The highest BCUT2D eigenvalue weighted by Crippen LogP contribution is 2.23. The number of carbonyl (C=O) groups is 3. The number of carboxylic acids is 1. The Morgan fingerprint density at radius 3 is 2.62 bits per heavy atom. The molecule has 1 saturated heterocycles. The van der Waals surface area contributed by atoms with Crippen molar-refractivity contribution in [1.29, 1.82) is 0 Å². The SMILES string of the molecule is COCC(=O)N1CCC(C(=O)N[C@@H](CC(=O)O)c2cccc(Cl)c2)CC1. The summed E-state index contributed by atoms with van der Waals surface area (Å²) in [4.78, 5) is 37.2. The Bertz CT molecular complexity index is 659. The first-order chi connectivity index (χ1) is 12.4. The highest BCUT2D eigenvalue weighted by atomic mass is 35.5. The summed E-state index contributed by atoms with van der Waals surface area (Å²) in [5.41, 5.74) is 0.654. The molecule has 142 valence electrons. The number of hydrogen-bond acceptors (Lipinski definition) is 4. The third-order valence-corrected chi connectivity index (χ3v) is 4.67. The Hall–Kier alpha value is -2.12. The van der Waals surface area contributed by atoms with Crippen LogP contribution in [-0.2, 0) is 19.1 Å². The number of rotatable bonds is 7. The molecule has 1 fully saturated rings. The number of piperidine rings is 1. The van der Waals surface area contributed by atoms with Gasteiger partial charge in [-0.3, -0.25) is 14.4 Å². The number of likely N-dealkylation sites (tertiary alicyclic amines) is 1. The number of benzene rings is 1. The topological polar surface area (TPSA) is 95.9 Å². The number of methoxy groups -OCH3 is 1. The van der Waals surface area contributed by atoms with E-state index in [9.17, 15) is 14.4 Å². The lowest BCUT2D eigenvalue weighted by Gasteiger charge is -2.32. The Kier molecular flexibility index (Phi) is 7.41. The van der Waals surface area contributed by atoms with Gasteiger partial charge >= 0.3 is 5.97 Å². The fourth-order valence-corrected chi connectivity index (χ4v) is 3.24. The summed E-state index contributed by atoms with van der Waals surface area (Å²) in [6.45, 7) is 1.01. The van der Waals surface area contributed by atoms with Gasteiger partial charge in [0.15, 0.2) is 0 Å². The molecule has 8 heteroatoms. The summed E-state index contributed by atoms with van der Waals surface area (Å²) in [5.74, 6) is -1.54. The smallest absolute Gasteiger partial charge is 0.305 e. The molecule has 1 aromatic rings.